The molecular formula is C33H41N3O11. The molecule has 0 bridgehead atoms. The topological polar surface area (TPSA) is 241 Å². The summed E-state index contributed by atoms with van der Waals surface area (Å²) >= 11 is 0. The van der Waals surface area contributed by atoms with Gasteiger partial charge < -0.3 is 51.4 Å². The maximum Gasteiger partial charge on any atom is 0.237 e. The van der Waals surface area contributed by atoms with E-state index in [0.29, 0.717) is 25.8 Å². The third-order valence-electron chi connectivity index (χ3n) is 9.39. The first-order chi connectivity index (χ1) is 22.2. The number of hydrogen-bond acceptors (Lipinski definition) is 13. The van der Waals surface area contributed by atoms with Crippen molar-refractivity contribution in [1.29, 1.82) is 0 Å². The number of ether oxygens (including phenoxy) is 3. The van der Waals surface area contributed by atoms with Crippen LogP contribution in [0.2, 0.25) is 0 Å². The fourth-order valence-electron chi connectivity index (χ4n) is 6.70. The van der Waals surface area contributed by atoms with Crippen molar-refractivity contribution >= 4 is 23.3 Å². The maximum atomic E-state index is 13.8. The second-order valence-electron chi connectivity index (χ2n) is 12.5. The molecule has 14 nitrogen and oxygen atoms in total. The average molecular weight is 656 g/mol. The molecule has 2 aliphatic carbocycles. The Morgan fingerprint density at radius 2 is 1.83 bits per heavy atom. The fraction of sp³-hybridized carbons (Fsp3) is 0.515. The molecule has 1 amide bonds. The lowest BCUT2D eigenvalue weighted by molar-refractivity contribution is -0.249. The Labute approximate surface area is 271 Å². The zero-order valence-electron chi connectivity index (χ0n) is 26.4. The van der Waals surface area contributed by atoms with E-state index in [1.54, 1.807) is 6.92 Å². The third-order valence-corrected chi connectivity index (χ3v) is 9.39. The van der Waals surface area contributed by atoms with Gasteiger partial charge >= 0.3 is 0 Å². The predicted molar refractivity (Wildman–Crippen MR) is 165 cm³/mol. The van der Waals surface area contributed by atoms with Gasteiger partial charge in [0.15, 0.2) is 17.9 Å². The third kappa shape index (κ3) is 6.12. The lowest BCUT2D eigenvalue weighted by Crippen LogP contribution is -2.58. The minimum absolute atomic E-state index is 0.0442. The van der Waals surface area contributed by atoms with Gasteiger partial charge in [0.1, 0.15) is 29.0 Å². The van der Waals surface area contributed by atoms with Gasteiger partial charge in [-0.2, -0.15) is 0 Å². The molecule has 0 radical (unpaired) electrons. The molecule has 1 aliphatic heterocycles. The first kappa shape index (κ1) is 34.4. The van der Waals surface area contributed by atoms with Crippen LogP contribution in [0.3, 0.4) is 0 Å². The van der Waals surface area contributed by atoms with Crippen molar-refractivity contribution in [3.05, 3.63) is 51.6 Å². The summed E-state index contributed by atoms with van der Waals surface area (Å²) in [6, 6.07) is 2.70. The van der Waals surface area contributed by atoms with Crippen molar-refractivity contribution in [2.75, 3.05) is 13.7 Å². The molecule has 1 fully saturated rings. The molecule has 2 aromatic rings. The summed E-state index contributed by atoms with van der Waals surface area (Å²) in [6.45, 7) is 3.19. The molecule has 5 rings (SSSR count). The van der Waals surface area contributed by atoms with Crippen molar-refractivity contribution < 1.29 is 53.8 Å². The van der Waals surface area contributed by atoms with Crippen LogP contribution in [-0.2, 0) is 25.5 Å². The van der Waals surface area contributed by atoms with Gasteiger partial charge in [-0.3, -0.25) is 19.2 Å². The molecule has 2 aromatic carbocycles. The van der Waals surface area contributed by atoms with E-state index in [2.05, 4.69) is 5.32 Å². The van der Waals surface area contributed by atoms with Gasteiger partial charge in [0, 0.05) is 36.0 Å². The van der Waals surface area contributed by atoms with E-state index in [1.807, 2.05) is 0 Å². The Bertz CT molecular complexity index is 1610. The Morgan fingerprint density at radius 1 is 1.13 bits per heavy atom. The van der Waals surface area contributed by atoms with E-state index in [0.717, 1.165) is 6.92 Å². The lowest BCUT2D eigenvalue weighted by Gasteiger charge is -2.43. The quantitative estimate of drug-likeness (QED) is 0.117. The van der Waals surface area contributed by atoms with Crippen LogP contribution < -0.4 is 21.5 Å². The first-order valence-electron chi connectivity index (χ1n) is 15.6. The van der Waals surface area contributed by atoms with E-state index in [4.69, 9.17) is 25.7 Å². The van der Waals surface area contributed by atoms with Gasteiger partial charge in [0.25, 0.3) is 0 Å². The highest BCUT2D eigenvalue weighted by molar-refractivity contribution is 6.31. The van der Waals surface area contributed by atoms with Gasteiger partial charge in [-0.25, -0.2) is 0 Å². The molecule has 254 valence electrons. The number of phenolic OH excluding ortho intramolecular Hbond substituents is 2. The normalized spacial score (nSPS) is 27.3. The van der Waals surface area contributed by atoms with Crippen molar-refractivity contribution in [1.82, 2.24) is 5.32 Å². The van der Waals surface area contributed by atoms with Crippen molar-refractivity contribution in [2.45, 2.75) is 94.7 Å². The van der Waals surface area contributed by atoms with E-state index in [9.17, 15) is 39.6 Å². The van der Waals surface area contributed by atoms with Crippen LogP contribution in [-0.4, -0.2) is 93.5 Å². The highest BCUT2D eigenvalue weighted by Crippen LogP contribution is 2.52. The number of unbranched alkanes of at least 4 members (excludes halogenated alkanes) is 1. The molecule has 7 atom stereocenters. The number of aromatic hydroxyl groups is 2. The number of aliphatic hydroxyl groups is 2. The Balaban J connectivity index is 1.52. The Hall–Kier alpha value is -3.92. The summed E-state index contributed by atoms with van der Waals surface area (Å²) in [4.78, 5) is 53.0. The largest absolute Gasteiger partial charge is 0.507 e. The number of nitrogens with two attached hydrogens (primary N) is 2. The summed E-state index contributed by atoms with van der Waals surface area (Å²) < 4.78 is 17.4. The zero-order chi connectivity index (χ0) is 34.4. The molecule has 9 N–H and O–H groups in total. The summed E-state index contributed by atoms with van der Waals surface area (Å²) in [6.07, 6.45) is -3.70. The van der Waals surface area contributed by atoms with Gasteiger partial charge in [0.05, 0.1) is 48.1 Å². The summed E-state index contributed by atoms with van der Waals surface area (Å²) in [5.41, 5.74) is 8.18. The smallest absolute Gasteiger partial charge is 0.237 e. The molecule has 0 aromatic heterocycles. The molecule has 47 heavy (non-hydrogen) atoms. The standard InChI is InChI=1S/C33H41N3O11/c1-14-27(38)19(36-32(43)18(35)8-4-5-10-34)11-22(46-14)47-21-13-33(44,15(2)37)12-17-24(21)31(42)26-25(29(17)40)28(39)16-7-6-9-20(45-3)23(16)30(26)41/h6-7,9,14,18-19,21-22,27,38,40,42,44H,4-5,8,10-13,34-35H2,1-3H3,(H,36,43)/t14?,18-,19?,21-,22?,27?,33-/m0/s1. The number of Topliss-reactive ketones (excluding diaryl/α,β-unsaturated/α-hetero) is 1. The van der Waals surface area contributed by atoms with Gasteiger partial charge in [-0.1, -0.05) is 18.6 Å². The molecular weight excluding hydrogens is 614 g/mol. The number of rotatable bonds is 10. The molecule has 3 aliphatic rings. The second-order valence-corrected chi connectivity index (χ2v) is 12.5. The van der Waals surface area contributed by atoms with Crippen LogP contribution in [0.15, 0.2) is 18.2 Å². The maximum absolute atomic E-state index is 13.8. The van der Waals surface area contributed by atoms with E-state index < -0.39 is 101 Å². The van der Waals surface area contributed by atoms with Crippen LogP contribution >= 0.6 is 0 Å². The minimum Gasteiger partial charge on any atom is -0.507 e. The first-order valence-corrected chi connectivity index (χ1v) is 15.6. The highest BCUT2D eigenvalue weighted by atomic mass is 16.7. The number of benzene rings is 2. The van der Waals surface area contributed by atoms with Crippen molar-refractivity contribution in [3.63, 3.8) is 0 Å². The van der Waals surface area contributed by atoms with Crippen LogP contribution in [0.4, 0.5) is 0 Å². The van der Waals surface area contributed by atoms with Crippen LogP contribution in [0, 0.1) is 0 Å². The lowest BCUT2D eigenvalue weighted by atomic mass is 9.72. The molecule has 0 spiro atoms. The fourth-order valence-corrected chi connectivity index (χ4v) is 6.70. The highest BCUT2D eigenvalue weighted by Gasteiger charge is 2.49. The Kier molecular flexibility index (Phi) is 9.74. The summed E-state index contributed by atoms with van der Waals surface area (Å²) in [5, 5.41) is 48.2. The SMILES string of the molecule is COc1cccc2c1C(=O)c1c(O)c3c(c(O)c1C2=O)C[C@@](O)(C(C)=O)C[C@@H]3OC1CC(NC(=O)[C@@H](N)CCCCN)C(O)C(C)O1. The van der Waals surface area contributed by atoms with Crippen LogP contribution in [0.25, 0.3) is 0 Å². The van der Waals surface area contributed by atoms with Gasteiger partial charge in [-0.15, -0.1) is 0 Å². The van der Waals surface area contributed by atoms with Crippen molar-refractivity contribution in [3.8, 4) is 17.2 Å². The average Bonchev–Trinajstić information content (AvgIpc) is 3.03. The Morgan fingerprint density at radius 3 is 2.49 bits per heavy atom. The number of aliphatic hydroxyl groups excluding tert-OH is 1. The summed E-state index contributed by atoms with van der Waals surface area (Å²) in [5.74, 6) is -3.90. The number of nitrogens with one attached hydrogen (secondary N) is 1. The number of carbonyl (C=O) groups is 4. The number of fused-ring (bicyclic) bond motifs is 3. The monoisotopic (exact) mass is 655 g/mol. The van der Waals surface area contributed by atoms with Crippen molar-refractivity contribution in [2.24, 2.45) is 11.5 Å². The van der Waals surface area contributed by atoms with Gasteiger partial charge in [-0.05, 0) is 39.3 Å². The second kappa shape index (κ2) is 13.3. The number of hydrogen-bond donors (Lipinski definition) is 7. The van der Waals surface area contributed by atoms with Gasteiger partial charge in [0.2, 0.25) is 11.7 Å². The van der Waals surface area contributed by atoms with E-state index in [-0.39, 0.29) is 34.4 Å². The molecule has 14 heteroatoms. The number of amides is 1. The number of methoxy groups -OCH3 is 1. The number of phenols is 2. The molecule has 4 unspecified atom stereocenters. The molecule has 0 saturated carbocycles. The van der Waals surface area contributed by atoms with E-state index >= 15 is 0 Å². The number of carbonyl (C=O) groups excluding carboxylic acids is 4. The van der Waals surface area contributed by atoms with Crippen LogP contribution in [0.5, 0.6) is 17.2 Å². The number of ketones is 3. The molecule has 1 heterocycles. The minimum atomic E-state index is -2.08. The zero-order valence-corrected chi connectivity index (χ0v) is 26.4. The molecule has 1 saturated heterocycles. The predicted octanol–water partition coefficient (Wildman–Crippen LogP) is 0.643. The van der Waals surface area contributed by atoms with Crippen LogP contribution in [0.1, 0.15) is 95.0 Å². The van der Waals surface area contributed by atoms with E-state index in [1.165, 1.54) is 25.3 Å². The summed E-state index contributed by atoms with van der Waals surface area (Å²) in [7, 11) is 1.33.